The lowest BCUT2D eigenvalue weighted by Gasteiger charge is -2.31. The molecule has 1 aromatic carbocycles. The van der Waals surface area contributed by atoms with Crippen LogP contribution in [-0.4, -0.2) is 50.9 Å². The smallest absolute Gasteiger partial charge is 0.243 e. The van der Waals surface area contributed by atoms with Gasteiger partial charge in [0.2, 0.25) is 17.7 Å². The second-order valence-corrected chi connectivity index (χ2v) is 13.0. The maximum atomic E-state index is 13.9. The molecule has 1 aliphatic carbocycles. The molecule has 0 spiro atoms. The summed E-state index contributed by atoms with van der Waals surface area (Å²) in [5, 5.41) is 22.2. The normalized spacial score (nSPS) is 16.7. The number of aliphatic hydroxyl groups excluding tert-OH is 1. The summed E-state index contributed by atoms with van der Waals surface area (Å²) < 4.78 is 0. The van der Waals surface area contributed by atoms with Gasteiger partial charge in [-0.1, -0.05) is 82.3 Å². The number of hydrogen-bond donors (Lipinski definition) is 5. The predicted molar refractivity (Wildman–Crippen MR) is 168 cm³/mol. The van der Waals surface area contributed by atoms with Crippen molar-refractivity contribution in [3.63, 3.8) is 0 Å². The first-order valence-corrected chi connectivity index (χ1v) is 16.3. The number of H-pyrrole nitrogens is 1. The van der Waals surface area contributed by atoms with Crippen LogP contribution in [0.1, 0.15) is 81.0 Å². The van der Waals surface area contributed by atoms with Crippen LogP contribution >= 0.6 is 11.3 Å². The van der Waals surface area contributed by atoms with Crippen molar-refractivity contribution in [1.82, 2.24) is 25.9 Å². The number of aromatic nitrogens is 2. The SMILES string of the molecule is CC(C)CC(=O)N[C@@H](Cc1ccccc1)C(=O)N[C@@H](Cc1c[nH]cn1)C(=O)N[C@@H](CC1CCCCC1)[C@@H](O)c1cccs1. The topological polar surface area (TPSA) is 136 Å². The van der Waals surface area contributed by atoms with Gasteiger partial charge in [0.05, 0.1) is 18.1 Å². The first-order valence-electron chi connectivity index (χ1n) is 15.4. The summed E-state index contributed by atoms with van der Waals surface area (Å²) in [6.45, 7) is 3.90. The molecule has 5 N–H and O–H groups in total. The number of aromatic amines is 1. The molecule has 4 rings (SSSR count). The molecule has 2 heterocycles. The maximum absolute atomic E-state index is 13.9. The minimum Gasteiger partial charge on any atom is -0.385 e. The monoisotopic (exact) mass is 607 g/mol. The highest BCUT2D eigenvalue weighted by atomic mass is 32.1. The van der Waals surface area contributed by atoms with Crippen molar-refractivity contribution in [1.29, 1.82) is 0 Å². The van der Waals surface area contributed by atoms with Crippen LogP contribution in [0.5, 0.6) is 0 Å². The molecule has 0 radical (unpaired) electrons. The van der Waals surface area contributed by atoms with Crippen molar-refractivity contribution in [2.24, 2.45) is 11.8 Å². The lowest BCUT2D eigenvalue weighted by molar-refractivity contribution is -0.132. The molecule has 0 unspecified atom stereocenters. The van der Waals surface area contributed by atoms with E-state index in [0.717, 1.165) is 36.1 Å². The van der Waals surface area contributed by atoms with Gasteiger partial charge in [0.25, 0.3) is 0 Å². The van der Waals surface area contributed by atoms with E-state index in [1.54, 1.807) is 6.20 Å². The summed E-state index contributed by atoms with van der Waals surface area (Å²) in [4.78, 5) is 48.4. The highest BCUT2D eigenvalue weighted by Gasteiger charge is 2.32. The molecule has 0 saturated heterocycles. The van der Waals surface area contributed by atoms with E-state index in [4.69, 9.17) is 0 Å². The number of aliphatic hydroxyl groups is 1. The molecular weight excluding hydrogens is 562 g/mol. The third-order valence-electron chi connectivity index (χ3n) is 7.98. The molecule has 9 nitrogen and oxygen atoms in total. The number of carbonyl (C=O) groups is 3. The molecule has 4 atom stereocenters. The van der Waals surface area contributed by atoms with Crippen LogP contribution in [0.25, 0.3) is 0 Å². The van der Waals surface area contributed by atoms with Crippen LogP contribution in [0.3, 0.4) is 0 Å². The van der Waals surface area contributed by atoms with Gasteiger partial charge < -0.3 is 26.0 Å². The summed E-state index contributed by atoms with van der Waals surface area (Å²) >= 11 is 1.46. The Morgan fingerprint density at radius 3 is 2.33 bits per heavy atom. The van der Waals surface area contributed by atoms with Crippen molar-refractivity contribution < 1.29 is 19.5 Å². The highest BCUT2D eigenvalue weighted by molar-refractivity contribution is 7.10. The van der Waals surface area contributed by atoms with Gasteiger partial charge in [0.1, 0.15) is 18.2 Å². The van der Waals surface area contributed by atoms with Crippen molar-refractivity contribution in [3.05, 3.63) is 76.5 Å². The number of imidazole rings is 1. The number of nitrogens with zero attached hydrogens (tertiary/aromatic N) is 1. The van der Waals surface area contributed by atoms with Crippen LogP contribution in [0, 0.1) is 11.8 Å². The second-order valence-electron chi connectivity index (χ2n) is 12.0. The average Bonchev–Trinajstić information content (AvgIpc) is 3.71. The van der Waals surface area contributed by atoms with E-state index in [0.29, 0.717) is 24.5 Å². The first-order chi connectivity index (χ1) is 20.8. The molecule has 232 valence electrons. The number of hydrogen-bond acceptors (Lipinski definition) is 6. The molecule has 43 heavy (non-hydrogen) atoms. The van der Waals surface area contributed by atoms with Crippen LogP contribution in [0.2, 0.25) is 0 Å². The number of carbonyl (C=O) groups excluding carboxylic acids is 3. The van der Waals surface area contributed by atoms with Crippen molar-refractivity contribution in [2.75, 3.05) is 0 Å². The van der Waals surface area contributed by atoms with Crippen molar-refractivity contribution >= 4 is 29.1 Å². The van der Waals surface area contributed by atoms with E-state index in [2.05, 4.69) is 25.9 Å². The predicted octanol–water partition coefficient (Wildman–Crippen LogP) is 4.46. The van der Waals surface area contributed by atoms with E-state index in [1.807, 2.05) is 61.7 Å². The largest absolute Gasteiger partial charge is 0.385 e. The number of nitrogens with one attached hydrogen (secondary N) is 4. The zero-order valence-electron chi connectivity index (χ0n) is 25.1. The van der Waals surface area contributed by atoms with Gasteiger partial charge in [0.15, 0.2) is 0 Å². The fraction of sp³-hybridized carbons (Fsp3) is 0.515. The number of benzene rings is 1. The summed E-state index contributed by atoms with van der Waals surface area (Å²) in [5.41, 5.74) is 1.51. The van der Waals surface area contributed by atoms with Gasteiger partial charge in [-0.25, -0.2) is 4.98 Å². The van der Waals surface area contributed by atoms with E-state index >= 15 is 0 Å². The Morgan fingerprint density at radius 1 is 0.953 bits per heavy atom. The molecule has 3 aromatic rings. The Morgan fingerprint density at radius 2 is 1.67 bits per heavy atom. The lowest BCUT2D eigenvalue weighted by atomic mass is 9.83. The fourth-order valence-electron chi connectivity index (χ4n) is 5.77. The number of thiophene rings is 1. The average molecular weight is 608 g/mol. The summed E-state index contributed by atoms with van der Waals surface area (Å²) in [6.07, 6.45) is 9.45. The Bertz CT molecular complexity index is 1260. The number of amides is 3. The maximum Gasteiger partial charge on any atom is 0.243 e. The molecular formula is C33H45N5O4S. The first kappa shape index (κ1) is 32.4. The molecule has 0 aliphatic heterocycles. The minimum absolute atomic E-state index is 0.134. The standard InChI is InChI=1S/C33H45N5O4S/c1-22(2)16-30(39)36-27(18-24-12-7-4-8-13-24)32(41)38-28(19-25-20-34-21-35-25)33(42)37-26(17-23-10-5-3-6-11-23)31(40)29-14-9-15-43-29/h4,7-9,12-15,20-23,26-28,31,40H,3,5-6,10-11,16-19H2,1-2H3,(H,34,35)(H,36,39)(H,37,42)(H,38,41)/t26-,27-,28-,31+/m0/s1. The van der Waals surface area contributed by atoms with Gasteiger partial charge in [-0.2, -0.15) is 0 Å². The Hall–Kier alpha value is -3.50. The van der Waals surface area contributed by atoms with Crippen LogP contribution < -0.4 is 16.0 Å². The van der Waals surface area contributed by atoms with Crippen LogP contribution in [-0.2, 0) is 27.2 Å². The van der Waals surface area contributed by atoms with Crippen LogP contribution in [0.15, 0.2) is 60.4 Å². The molecule has 1 aliphatic rings. The Labute approximate surface area is 258 Å². The van der Waals surface area contributed by atoms with E-state index in [-0.39, 0.29) is 30.6 Å². The molecule has 3 amide bonds. The van der Waals surface area contributed by atoms with E-state index < -0.39 is 30.1 Å². The van der Waals surface area contributed by atoms with E-state index in [1.165, 1.54) is 24.1 Å². The van der Waals surface area contributed by atoms with Crippen LogP contribution in [0.4, 0.5) is 0 Å². The third kappa shape index (κ3) is 10.3. The fourth-order valence-corrected chi connectivity index (χ4v) is 6.54. The third-order valence-corrected chi connectivity index (χ3v) is 8.93. The minimum atomic E-state index is -0.958. The van der Waals surface area contributed by atoms with Gasteiger partial charge in [0, 0.05) is 30.3 Å². The molecule has 10 heteroatoms. The quantitative estimate of drug-likeness (QED) is 0.174. The molecule has 1 saturated carbocycles. The van der Waals surface area contributed by atoms with Gasteiger partial charge in [-0.15, -0.1) is 11.3 Å². The Kier molecular flexibility index (Phi) is 12.3. The summed E-state index contributed by atoms with van der Waals surface area (Å²) in [5.74, 6) is -0.501. The van der Waals surface area contributed by atoms with Crippen molar-refractivity contribution in [2.45, 2.75) is 95.9 Å². The number of rotatable bonds is 15. The molecule has 2 aromatic heterocycles. The van der Waals surface area contributed by atoms with Gasteiger partial charge in [-0.3, -0.25) is 14.4 Å². The van der Waals surface area contributed by atoms with Crippen molar-refractivity contribution in [3.8, 4) is 0 Å². The van der Waals surface area contributed by atoms with Gasteiger partial charge in [-0.05, 0) is 35.3 Å². The summed E-state index contributed by atoms with van der Waals surface area (Å²) in [7, 11) is 0. The lowest BCUT2D eigenvalue weighted by Crippen LogP contribution is -2.56. The second kappa shape index (κ2) is 16.4. The Balaban J connectivity index is 1.53. The summed E-state index contributed by atoms with van der Waals surface area (Å²) in [6, 6.07) is 10.9. The molecule has 0 bridgehead atoms. The molecule has 1 fully saturated rings. The zero-order valence-corrected chi connectivity index (χ0v) is 25.9. The highest BCUT2D eigenvalue weighted by Crippen LogP contribution is 2.32. The van der Waals surface area contributed by atoms with Gasteiger partial charge >= 0.3 is 0 Å². The zero-order chi connectivity index (χ0) is 30.6. The van der Waals surface area contributed by atoms with E-state index in [9.17, 15) is 19.5 Å².